The summed E-state index contributed by atoms with van der Waals surface area (Å²) in [6, 6.07) is 5.42. The minimum atomic E-state index is -0.210. The Bertz CT molecular complexity index is 456. The highest BCUT2D eigenvalue weighted by Crippen LogP contribution is 2.23. The molecule has 3 nitrogen and oxygen atoms in total. The number of hydrogen-bond donors (Lipinski definition) is 0. The first kappa shape index (κ1) is 15.8. The molecule has 1 aliphatic rings. The summed E-state index contributed by atoms with van der Waals surface area (Å²) in [6.07, 6.45) is 3.92. The van der Waals surface area contributed by atoms with Crippen LogP contribution in [0.3, 0.4) is 0 Å². The number of halogens is 2. The number of ketones is 1. The van der Waals surface area contributed by atoms with E-state index in [0.717, 1.165) is 31.4 Å². The number of rotatable bonds is 6. The molecule has 0 N–H and O–H groups in total. The van der Waals surface area contributed by atoms with Crippen LogP contribution in [0, 0.1) is 0 Å². The van der Waals surface area contributed by atoms with E-state index in [2.05, 4.69) is 0 Å². The highest BCUT2D eigenvalue weighted by molar-refractivity contribution is 6.42. The van der Waals surface area contributed by atoms with E-state index in [1.165, 1.54) is 0 Å². The van der Waals surface area contributed by atoms with Crippen molar-refractivity contribution in [1.82, 2.24) is 0 Å². The average molecular weight is 317 g/mol. The normalized spacial score (nSPS) is 19.0. The van der Waals surface area contributed by atoms with Crippen molar-refractivity contribution in [2.24, 2.45) is 0 Å². The molecule has 1 aliphatic heterocycles. The SMILES string of the molecule is O=C(CCc1ccc(Cl)c(Cl)c1)COC1CCCCO1. The standard InChI is InChI=1S/C15H18Cl2O3/c16-13-7-5-11(9-14(13)17)4-6-12(18)10-20-15-3-1-2-8-19-15/h5,7,9,15H,1-4,6,8,10H2. The predicted octanol–water partition coefficient (Wildman–Crippen LogP) is 4.04. The highest BCUT2D eigenvalue weighted by atomic mass is 35.5. The zero-order valence-corrected chi connectivity index (χ0v) is 12.8. The summed E-state index contributed by atoms with van der Waals surface area (Å²) >= 11 is 11.8. The van der Waals surface area contributed by atoms with Gasteiger partial charge in [0.1, 0.15) is 6.61 Å². The lowest BCUT2D eigenvalue weighted by Crippen LogP contribution is -2.25. The molecule has 0 bridgehead atoms. The molecule has 0 aliphatic carbocycles. The largest absolute Gasteiger partial charge is 0.353 e. The topological polar surface area (TPSA) is 35.5 Å². The lowest BCUT2D eigenvalue weighted by molar-refractivity contribution is -0.169. The van der Waals surface area contributed by atoms with Gasteiger partial charge in [0.15, 0.2) is 12.1 Å². The zero-order chi connectivity index (χ0) is 14.4. The maximum absolute atomic E-state index is 11.8. The fourth-order valence-corrected chi connectivity index (χ4v) is 2.40. The Labute approximate surface area is 129 Å². The van der Waals surface area contributed by atoms with Crippen molar-refractivity contribution in [3.8, 4) is 0 Å². The number of ether oxygens (including phenoxy) is 2. The first-order chi connectivity index (χ1) is 9.65. The van der Waals surface area contributed by atoms with Gasteiger partial charge >= 0.3 is 0 Å². The van der Waals surface area contributed by atoms with Gasteiger partial charge in [0.05, 0.1) is 10.0 Å². The maximum atomic E-state index is 11.8. The molecule has 0 aromatic heterocycles. The molecule has 1 atom stereocenters. The van der Waals surface area contributed by atoms with Gasteiger partial charge in [-0.25, -0.2) is 0 Å². The number of benzene rings is 1. The molecule has 5 heteroatoms. The van der Waals surface area contributed by atoms with Crippen LogP contribution in [0.5, 0.6) is 0 Å². The molecule has 2 rings (SSSR count). The van der Waals surface area contributed by atoms with Gasteiger partial charge in [-0.15, -0.1) is 0 Å². The molecule has 1 fully saturated rings. The van der Waals surface area contributed by atoms with Crippen LogP contribution >= 0.6 is 23.2 Å². The fraction of sp³-hybridized carbons (Fsp3) is 0.533. The smallest absolute Gasteiger partial charge is 0.158 e. The van der Waals surface area contributed by atoms with Crippen molar-refractivity contribution >= 4 is 29.0 Å². The Kier molecular flexibility index (Phi) is 6.30. The quantitative estimate of drug-likeness (QED) is 0.794. The summed E-state index contributed by atoms with van der Waals surface area (Å²) < 4.78 is 10.9. The second kappa shape index (κ2) is 7.99. The van der Waals surface area contributed by atoms with Crippen LogP contribution in [0.4, 0.5) is 0 Å². The minimum Gasteiger partial charge on any atom is -0.353 e. The van der Waals surface area contributed by atoms with E-state index in [4.69, 9.17) is 32.7 Å². The van der Waals surface area contributed by atoms with Gasteiger partial charge in [0, 0.05) is 13.0 Å². The summed E-state index contributed by atoms with van der Waals surface area (Å²) in [6.45, 7) is 0.841. The van der Waals surface area contributed by atoms with Gasteiger partial charge < -0.3 is 9.47 Å². The number of aryl methyl sites for hydroxylation is 1. The fourth-order valence-electron chi connectivity index (χ4n) is 2.08. The van der Waals surface area contributed by atoms with Crippen LogP contribution in [0.15, 0.2) is 18.2 Å². The molecule has 1 unspecified atom stereocenters. The molecule has 0 saturated carbocycles. The van der Waals surface area contributed by atoms with Crippen molar-refractivity contribution in [2.45, 2.75) is 38.4 Å². The van der Waals surface area contributed by atoms with E-state index >= 15 is 0 Å². The van der Waals surface area contributed by atoms with Crippen molar-refractivity contribution in [3.05, 3.63) is 33.8 Å². The van der Waals surface area contributed by atoms with Crippen LogP contribution < -0.4 is 0 Å². The Morgan fingerprint density at radius 3 is 2.85 bits per heavy atom. The molecular formula is C15H18Cl2O3. The molecule has 0 radical (unpaired) electrons. The van der Waals surface area contributed by atoms with Crippen molar-refractivity contribution in [3.63, 3.8) is 0 Å². The lowest BCUT2D eigenvalue weighted by atomic mass is 10.1. The van der Waals surface area contributed by atoms with Crippen LogP contribution in [0.25, 0.3) is 0 Å². The molecule has 20 heavy (non-hydrogen) atoms. The Hall–Kier alpha value is -0.610. The maximum Gasteiger partial charge on any atom is 0.158 e. The van der Waals surface area contributed by atoms with E-state index in [1.54, 1.807) is 12.1 Å². The van der Waals surface area contributed by atoms with E-state index in [1.807, 2.05) is 6.07 Å². The monoisotopic (exact) mass is 316 g/mol. The van der Waals surface area contributed by atoms with Gasteiger partial charge in [0.2, 0.25) is 0 Å². The highest BCUT2D eigenvalue weighted by Gasteiger charge is 2.15. The molecule has 0 amide bonds. The van der Waals surface area contributed by atoms with Gasteiger partial charge in [-0.05, 0) is 43.4 Å². The number of carbonyl (C=O) groups is 1. The molecule has 1 saturated heterocycles. The van der Waals surface area contributed by atoms with E-state index in [9.17, 15) is 4.79 Å². The van der Waals surface area contributed by atoms with Crippen LogP contribution in [-0.2, 0) is 20.7 Å². The first-order valence-corrected chi connectivity index (χ1v) is 7.59. The predicted molar refractivity (Wildman–Crippen MR) is 79.3 cm³/mol. The van der Waals surface area contributed by atoms with E-state index < -0.39 is 0 Å². The third-order valence-corrected chi connectivity index (χ3v) is 3.98. The summed E-state index contributed by atoms with van der Waals surface area (Å²) in [5.41, 5.74) is 1.00. The molecule has 1 aromatic rings. The summed E-state index contributed by atoms with van der Waals surface area (Å²) in [4.78, 5) is 11.8. The van der Waals surface area contributed by atoms with Crippen LogP contribution in [0.2, 0.25) is 10.0 Å². The molecule has 1 aromatic carbocycles. The second-order valence-electron chi connectivity index (χ2n) is 4.89. The number of Topliss-reactive ketones (excluding diaryl/α,β-unsaturated/α-hetero) is 1. The molecular weight excluding hydrogens is 299 g/mol. The van der Waals surface area contributed by atoms with Gasteiger partial charge in [-0.1, -0.05) is 29.3 Å². The van der Waals surface area contributed by atoms with Crippen molar-refractivity contribution in [2.75, 3.05) is 13.2 Å². The Morgan fingerprint density at radius 1 is 1.30 bits per heavy atom. The number of hydrogen-bond acceptors (Lipinski definition) is 3. The third kappa shape index (κ3) is 5.06. The van der Waals surface area contributed by atoms with Gasteiger partial charge in [-0.2, -0.15) is 0 Å². The van der Waals surface area contributed by atoms with Gasteiger partial charge in [0.25, 0.3) is 0 Å². The average Bonchev–Trinajstić information content (AvgIpc) is 2.47. The Morgan fingerprint density at radius 2 is 2.15 bits per heavy atom. The summed E-state index contributed by atoms with van der Waals surface area (Å²) in [5.74, 6) is 0.0743. The zero-order valence-electron chi connectivity index (χ0n) is 11.2. The Balaban J connectivity index is 1.70. The lowest BCUT2D eigenvalue weighted by Gasteiger charge is -2.22. The first-order valence-electron chi connectivity index (χ1n) is 6.84. The summed E-state index contributed by atoms with van der Waals surface area (Å²) in [5, 5.41) is 1.04. The number of carbonyl (C=O) groups excluding carboxylic acids is 1. The van der Waals surface area contributed by atoms with E-state index in [-0.39, 0.29) is 18.7 Å². The van der Waals surface area contributed by atoms with E-state index in [0.29, 0.717) is 22.9 Å². The van der Waals surface area contributed by atoms with Crippen LogP contribution in [0.1, 0.15) is 31.2 Å². The minimum absolute atomic E-state index is 0.0743. The molecule has 1 heterocycles. The van der Waals surface area contributed by atoms with Crippen molar-refractivity contribution in [1.29, 1.82) is 0 Å². The summed E-state index contributed by atoms with van der Waals surface area (Å²) in [7, 11) is 0. The molecule has 110 valence electrons. The van der Waals surface area contributed by atoms with Crippen molar-refractivity contribution < 1.29 is 14.3 Å². The van der Waals surface area contributed by atoms with Gasteiger partial charge in [-0.3, -0.25) is 4.79 Å². The molecule has 0 spiro atoms. The second-order valence-corrected chi connectivity index (χ2v) is 5.71. The van der Waals surface area contributed by atoms with Crippen LogP contribution in [-0.4, -0.2) is 25.3 Å². The third-order valence-electron chi connectivity index (χ3n) is 3.24.